The minimum Gasteiger partial charge on any atom is -0.309 e. The molecule has 0 fully saturated rings. The van der Waals surface area contributed by atoms with Gasteiger partial charge < -0.3 is 5.32 Å². The first-order valence-corrected chi connectivity index (χ1v) is 7.81. The molecule has 1 aromatic heterocycles. The minimum absolute atomic E-state index is 0.211. The number of rotatable bonds is 5. The van der Waals surface area contributed by atoms with Gasteiger partial charge in [0.05, 0.1) is 5.69 Å². The molecule has 2 rings (SSSR count). The summed E-state index contributed by atoms with van der Waals surface area (Å²) in [5.41, 5.74) is 2.98. The Morgan fingerprint density at radius 3 is 2.80 bits per heavy atom. The SMILES string of the molecule is CCCNC(C)c1sc(-c2cc(F)ccc2C)nc1C. The number of hydrogen-bond acceptors (Lipinski definition) is 3. The van der Waals surface area contributed by atoms with E-state index in [-0.39, 0.29) is 11.9 Å². The molecular weight excluding hydrogens is 271 g/mol. The summed E-state index contributed by atoms with van der Waals surface area (Å²) in [6, 6.07) is 5.16. The third kappa shape index (κ3) is 3.25. The van der Waals surface area contributed by atoms with Crippen molar-refractivity contribution in [1.29, 1.82) is 0 Å². The molecule has 0 bridgehead atoms. The van der Waals surface area contributed by atoms with E-state index in [1.165, 1.54) is 10.9 Å². The van der Waals surface area contributed by atoms with Gasteiger partial charge in [-0.2, -0.15) is 0 Å². The van der Waals surface area contributed by atoms with Crippen molar-refractivity contribution >= 4 is 11.3 Å². The lowest BCUT2D eigenvalue weighted by molar-refractivity contribution is 0.575. The Labute approximate surface area is 124 Å². The van der Waals surface area contributed by atoms with Crippen molar-refractivity contribution in [2.75, 3.05) is 6.54 Å². The van der Waals surface area contributed by atoms with Crippen LogP contribution in [0.1, 0.15) is 42.4 Å². The van der Waals surface area contributed by atoms with Crippen molar-refractivity contribution in [3.63, 3.8) is 0 Å². The maximum Gasteiger partial charge on any atom is 0.124 e. The van der Waals surface area contributed by atoms with Crippen LogP contribution in [0.15, 0.2) is 18.2 Å². The molecule has 1 aromatic carbocycles. The summed E-state index contributed by atoms with van der Waals surface area (Å²) in [5, 5.41) is 4.38. The second-order valence-electron chi connectivity index (χ2n) is 5.10. The molecule has 0 aliphatic heterocycles. The lowest BCUT2D eigenvalue weighted by atomic mass is 10.1. The van der Waals surface area contributed by atoms with E-state index < -0.39 is 0 Å². The fraction of sp³-hybridized carbons (Fsp3) is 0.438. The normalized spacial score (nSPS) is 12.7. The van der Waals surface area contributed by atoms with Gasteiger partial charge >= 0.3 is 0 Å². The van der Waals surface area contributed by atoms with Crippen LogP contribution in [0.3, 0.4) is 0 Å². The fourth-order valence-electron chi connectivity index (χ4n) is 2.20. The van der Waals surface area contributed by atoms with Gasteiger partial charge in [-0.15, -0.1) is 11.3 Å². The fourth-order valence-corrected chi connectivity index (χ4v) is 3.38. The molecule has 2 aromatic rings. The number of nitrogens with zero attached hydrogens (tertiary/aromatic N) is 1. The number of aromatic nitrogens is 1. The minimum atomic E-state index is -0.211. The zero-order valence-electron chi connectivity index (χ0n) is 12.5. The van der Waals surface area contributed by atoms with Gasteiger partial charge in [0.2, 0.25) is 0 Å². The number of aryl methyl sites for hydroxylation is 2. The second-order valence-corrected chi connectivity index (χ2v) is 6.13. The smallest absolute Gasteiger partial charge is 0.124 e. The number of thiazole rings is 1. The molecule has 0 radical (unpaired) electrons. The number of halogens is 1. The van der Waals surface area contributed by atoms with Crippen molar-refractivity contribution in [3.05, 3.63) is 40.2 Å². The van der Waals surface area contributed by atoms with Crippen molar-refractivity contribution in [2.24, 2.45) is 0 Å². The predicted molar refractivity (Wildman–Crippen MR) is 83.7 cm³/mol. The standard InChI is InChI=1S/C16H21FN2S/c1-5-8-18-11(3)15-12(4)19-16(20-15)14-9-13(17)7-6-10(14)2/h6-7,9,11,18H,5,8H2,1-4H3. The Hall–Kier alpha value is -1.26. The Morgan fingerprint density at radius 2 is 2.10 bits per heavy atom. The Kier molecular flexibility index (Phi) is 4.89. The number of hydrogen-bond donors (Lipinski definition) is 1. The van der Waals surface area contributed by atoms with Gasteiger partial charge in [-0.25, -0.2) is 9.37 Å². The highest BCUT2D eigenvalue weighted by atomic mass is 32.1. The molecule has 1 atom stereocenters. The largest absolute Gasteiger partial charge is 0.309 e. The average Bonchev–Trinajstić information content (AvgIpc) is 2.80. The van der Waals surface area contributed by atoms with Crippen LogP contribution in [0.4, 0.5) is 4.39 Å². The first kappa shape index (κ1) is 15.1. The van der Waals surface area contributed by atoms with E-state index in [1.54, 1.807) is 23.5 Å². The summed E-state index contributed by atoms with van der Waals surface area (Å²) in [7, 11) is 0. The summed E-state index contributed by atoms with van der Waals surface area (Å²) in [6.45, 7) is 9.31. The van der Waals surface area contributed by atoms with Crippen LogP contribution in [0, 0.1) is 19.7 Å². The van der Waals surface area contributed by atoms with Crippen LogP contribution in [0.5, 0.6) is 0 Å². The van der Waals surface area contributed by atoms with Gasteiger partial charge in [0.15, 0.2) is 0 Å². The Bertz CT molecular complexity index is 592. The number of benzene rings is 1. The maximum absolute atomic E-state index is 13.4. The third-order valence-corrected chi connectivity index (χ3v) is 4.73. The molecule has 1 N–H and O–H groups in total. The van der Waals surface area contributed by atoms with Gasteiger partial charge in [-0.1, -0.05) is 13.0 Å². The monoisotopic (exact) mass is 292 g/mol. The molecule has 2 nitrogen and oxygen atoms in total. The van der Waals surface area contributed by atoms with E-state index in [1.807, 2.05) is 13.8 Å². The first-order chi connectivity index (χ1) is 9.52. The van der Waals surface area contributed by atoms with Gasteiger partial charge in [-0.05, 0) is 51.4 Å². The molecule has 0 saturated carbocycles. The lowest BCUT2D eigenvalue weighted by Crippen LogP contribution is -2.18. The van der Waals surface area contributed by atoms with Crippen LogP contribution in [0.2, 0.25) is 0 Å². The van der Waals surface area contributed by atoms with E-state index in [4.69, 9.17) is 0 Å². The molecule has 1 unspecified atom stereocenters. The van der Waals surface area contributed by atoms with Crippen molar-refractivity contribution in [1.82, 2.24) is 10.3 Å². The first-order valence-electron chi connectivity index (χ1n) is 7.00. The molecule has 0 saturated heterocycles. The molecule has 0 aliphatic rings. The zero-order chi connectivity index (χ0) is 14.7. The quantitative estimate of drug-likeness (QED) is 0.869. The maximum atomic E-state index is 13.4. The molecule has 1 heterocycles. The molecule has 4 heteroatoms. The molecular formula is C16H21FN2S. The van der Waals surface area contributed by atoms with E-state index in [0.29, 0.717) is 0 Å². The third-order valence-electron chi connectivity index (χ3n) is 3.36. The summed E-state index contributed by atoms with van der Waals surface area (Å²) in [5.74, 6) is -0.211. The van der Waals surface area contributed by atoms with E-state index in [2.05, 4.69) is 24.1 Å². The van der Waals surface area contributed by atoms with Gasteiger partial charge in [0.25, 0.3) is 0 Å². The van der Waals surface area contributed by atoms with Crippen LogP contribution in [-0.2, 0) is 0 Å². The highest BCUT2D eigenvalue weighted by Gasteiger charge is 2.16. The summed E-state index contributed by atoms with van der Waals surface area (Å²) in [6.07, 6.45) is 1.11. The summed E-state index contributed by atoms with van der Waals surface area (Å²) < 4.78 is 13.4. The number of nitrogens with one attached hydrogen (secondary N) is 1. The van der Waals surface area contributed by atoms with Crippen LogP contribution >= 0.6 is 11.3 Å². The van der Waals surface area contributed by atoms with E-state index in [9.17, 15) is 4.39 Å². The van der Waals surface area contributed by atoms with Crippen LogP contribution in [0.25, 0.3) is 10.6 Å². The second kappa shape index (κ2) is 6.46. The van der Waals surface area contributed by atoms with E-state index >= 15 is 0 Å². The summed E-state index contributed by atoms with van der Waals surface area (Å²) >= 11 is 1.65. The molecule has 0 amide bonds. The lowest BCUT2D eigenvalue weighted by Gasteiger charge is -2.11. The molecule has 20 heavy (non-hydrogen) atoms. The summed E-state index contributed by atoms with van der Waals surface area (Å²) in [4.78, 5) is 5.86. The van der Waals surface area contributed by atoms with Crippen molar-refractivity contribution in [3.8, 4) is 10.6 Å². The molecule has 108 valence electrons. The van der Waals surface area contributed by atoms with Gasteiger partial charge in [0.1, 0.15) is 10.8 Å². The van der Waals surface area contributed by atoms with Gasteiger partial charge in [-0.3, -0.25) is 0 Å². The van der Waals surface area contributed by atoms with E-state index in [0.717, 1.165) is 34.8 Å². The topological polar surface area (TPSA) is 24.9 Å². The highest BCUT2D eigenvalue weighted by Crippen LogP contribution is 2.33. The van der Waals surface area contributed by atoms with Crippen molar-refractivity contribution in [2.45, 2.75) is 40.2 Å². The predicted octanol–water partition coefficient (Wildman–Crippen LogP) is 4.63. The average molecular weight is 292 g/mol. The zero-order valence-corrected chi connectivity index (χ0v) is 13.3. The Morgan fingerprint density at radius 1 is 1.35 bits per heavy atom. The van der Waals surface area contributed by atoms with Crippen molar-refractivity contribution < 1.29 is 4.39 Å². The van der Waals surface area contributed by atoms with Gasteiger partial charge in [0, 0.05) is 16.5 Å². The molecule has 0 aliphatic carbocycles. The van der Waals surface area contributed by atoms with Crippen LogP contribution in [-0.4, -0.2) is 11.5 Å². The molecule has 0 spiro atoms. The highest BCUT2D eigenvalue weighted by molar-refractivity contribution is 7.15. The Balaban J connectivity index is 2.33. The van der Waals surface area contributed by atoms with Crippen LogP contribution < -0.4 is 5.32 Å².